The molecule has 8 aromatic carbocycles. The van der Waals surface area contributed by atoms with Crippen molar-refractivity contribution in [3.63, 3.8) is 0 Å². The Labute approximate surface area is 861 Å². The Kier molecular flexibility index (Phi) is 27.3. The van der Waals surface area contributed by atoms with Crippen LogP contribution in [0.2, 0.25) is 0 Å². The van der Waals surface area contributed by atoms with Crippen LogP contribution in [0.5, 0.6) is 46.5 Å². The van der Waals surface area contributed by atoms with E-state index in [0.717, 1.165) is 173 Å². The number of carbonyl (C=O) groups excluding carboxylic acids is 1. The fraction of sp³-hybridized carbons (Fsp3) is 0.159. The zero-order valence-electron chi connectivity index (χ0n) is 81.5. The molecule has 746 valence electrons. The fourth-order valence-electron chi connectivity index (χ4n) is 16.9. The number of anilines is 8. The van der Waals surface area contributed by atoms with Gasteiger partial charge in [-0.2, -0.15) is 0 Å². The van der Waals surface area contributed by atoms with Gasteiger partial charge in [0, 0.05) is 124 Å². The van der Waals surface area contributed by atoms with E-state index in [1.165, 1.54) is 12.7 Å². The molecule has 17 heterocycles. The average Bonchev–Trinajstić information content (AvgIpc) is 1.47. The van der Waals surface area contributed by atoms with Crippen LogP contribution in [0.3, 0.4) is 0 Å². The normalized spacial score (nSPS) is 13.1. The lowest BCUT2D eigenvalue weighted by Gasteiger charge is -2.31. The van der Waals surface area contributed by atoms with Crippen molar-refractivity contribution in [3.05, 3.63) is 327 Å². The van der Waals surface area contributed by atoms with Crippen molar-refractivity contribution in [1.29, 1.82) is 0 Å². The number of hydrogen-bond donors (Lipinski definition) is 5. The summed E-state index contributed by atoms with van der Waals surface area (Å²) in [5, 5.41) is 61.7. The molecule has 0 amide bonds. The summed E-state index contributed by atoms with van der Waals surface area (Å²) in [6.45, 7) is 13.6. The van der Waals surface area contributed by atoms with Crippen molar-refractivity contribution in [2.24, 2.45) is 5.16 Å². The number of hydrogen-bond acceptors (Lipinski definition) is 38. The lowest BCUT2D eigenvalue weighted by Crippen LogP contribution is -2.43. The topological polar surface area (TPSA) is 469 Å². The maximum absolute atomic E-state index is 12.6. The number of oxime groups is 1. The monoisotopic (exact) mass is 2060 g/mol. The average molecular weight is 2070 g/mol. The summed E-state index contributed by atoms with van der Waals surface area (Å²) >= 11 is 3.27. The minimum absolute atomic E-state index is 0.0345. The first-order valence-corrected chi connectivity index (χ1v) is 48.2. The number of aliphatic hydroxyl groups excluding tert-OH is 1. The number of ketones is 1. The number of aromatic nitrogens is 24. The molecule has 0 spiro atoms. The van der Waals surface area contributed by atoms with Gasteiger partial charge in [0.1, 0.15) is 168 Å². The molecule has 0 saturated carbocycles. The second-order valence-corrected chi connectivity index (χ2v) is 36.7. The van der Waals surface area contributed by atoms with Crippen molar-refractivity contribution in [2.45, 2.75) is 66.3 Å². The number of nitrogens with one attached hydrogen (secondary N) is 4. The number of fused-ring (bicyclic) bond motifs is 8. The molecule has 25 rings (SSSR count). The number of furan rings is 3. The zero-order chi connectivity index (χ0) is 102. The number of rotatable bonds is 27. The molecular weight excluding hydrogens is 1970 g/mol. The van der Waals surface area contributed by atoms with Gasteiger partial charge in [0.05, 0.1) is 35.2 Å². The second kappa shape index (κ2) is 42.7. The summed E-state index contributed by atoms with van der Waals surface area (Å²) < 4.78 is 49.4. The van der Waals surface area contributed by atoms with Crippen LogP contribution in [-0.4, -0.2) is 202 Å². The summed E-state index contributed by atoms with van der Waals surface area (Å²) in [6.07, 6.45) is 19.1. The number of likely N-dealkylation sites (N-methyl/N-ethyl adjacent to an activating group) is 1. The second-order valence-electron chi connectivity index (χ2n) is 35.7. The zero-order valence-corrected chi connectivity index (χ0v) is 83.1. The maximum atomic E-state index is 12.6. The Hall–Kier alpha value is -19.0. The van der Waals surface area contributed by atoms with Crippen molar-refractivity contribution in [2.75, 3.05) is 68.6 Å². The minimum Gasteiger partial charge on any atom is -0.460 e. The van der Waals surface area contributed by atoms with Gasteiger partial charge < -0.3 is 73.2 Å². The quantitative estimate of drug-likeness (QED) is 0.0319. The third kappa shape index (κ3) is 22.1. The predicted molar refractivity (Wildman–Crippen MR) is 563 cm³/mol. The van der Waals surface area contributed by atoms with E-state index < -0.39 is 6.10 Å². The predicted octanol–water partition coefficient (Wildman–Crippen LogP) is 19.3. The first-order valence-electron chi connectivity index (χ1n) is 47.4. The SMILES string of the molecule is Cc1cc(Nc2ncnc3ccc(-c4ccc(CN(C)C)o4)cc23)ccc1Oc1cc2nncn2cn1.Cc1cc(Nc2ncnc3ccc(-c4ccc(CN5CCN(C)CC5)o4)cc23)ccc1Oc1cc2nncn2cn1.Cc1cc(Nc2ncnc3ccc(-c4ccc(CO)o4)cc23)ccc1Oc1cc2nncn2cn1.Cc1cc(Nc2ncnc3ccc(CC(=O)C4CC(Br)=NO4)cc23)ccc1Oc1cc2nncn2cn1. The Bertz CT molecular complexity index is 8970. The molecule has 2 aliphatic rings. The van der Waals surface area contributed by atoms with Crippen LogP contribution in [0.25, 0.3) is 100 Å². The smallest absolute Gasteiger partial charge is 0.224 e. The van der Waals surface area contributed by atoms with Crippen LogP contribution >= 0.6 is 15.9 Å². The van der Waals surface area contributed by atoms with Gasteiger partial charge in [0.2, 0.25) is 23.5 Å². The molecule has 43 heteroatoms. The summed E-state index contributed by atoms with van der Waals surface area (Å²) in [4.78, 5) is 77.5. The van der Waals surface area contributed by atoms with Crippen LogP contribution in [0, 0.1) is 27.7 Å². The molecule has 1 saturated heterocycles. The van der Waals surface area contributed by atoms with Gasteiger partial charge in [-0.15, -0.1) is 40.8 Å². The highest BCUT2D eigenvalue weighted by Gasteiger charge is 2.28. The number of benzene rings is 8. The van der Waals surface area contributed by atoms with Crippen molar-refractivity contribution in [1.82, 2.24) is 133 Å². The first-order chi connectivity index (χ1) is 73.3. The van der Waals surface area contributed by atoms with Gasteiger partial charge in [-0.3, -0.25) is 27.3 Å². The Balaban J connectivity index is 0.000000113. The van der Waals surface area contributed by atoms with Crippen LogP contribution in [0.4, 0.5) is 46.0 Å². The van der Waals surface area contributed by atoms with Gasteiger partial charge in [-0.1, -0.05) is 11.2 Å². The molecule has 1 atom stereocenters. The van der Waals surface area contributed by atoms with E-state index in [-0.39, 0.29) is 18.8 Å². The molecule has 5 N–H and O–H groups in total. The number of Topliss-reactive ketones (excluding diaryl/α,β-unsaturated/α-hetero) is 1. The van der Waals surface area contributed by atoms with Gasteiger partial charge in [0.15, 0.2) is 34.5 Å². The van der Waals surface area contributed by atoms with Gasteiger partial charge in [-0.25, -0.2) is 59.8 Å². The largest absolute Gasteiger partial charge is 0.460 e. The molecule has 150 heavy (non-hydrogen) atoms. The van der Waals surface area contributed by atoms with Crippen molar-refractivity contribution in [3.8, 4) is 80.5 Å². The molecule has 15 aromatic heterocycles. The van der Waals surface area contributed by atoms with E-state index in [1.54, 1.807) is 111 Å². The number of ether oxygens (including phenoxy) is 4. The van der Waals surface area contributed by atoms with Crippen LogP contribution in [0.15, 0.2) is 301 Å². The molecule has 1 fully saturated rings. The van der Waals surface area contributed by atoms with E-state index in [9.17, 15) is 9.90 Å². The van der Waals surface area contributed by atoms with Crippen LogP contribution in [0.1, 0.15) is 51.5 Å². The van der Waals surface area contributed by atoms with Gasteiger partial charge in [-0.05, 0) is 269 Å². The lowest BCUT2D eigenvalue weighted by atomic mass is 10.0. The lowest BCUT2D eigenvalue weighted by molar-refractivity contribution is -0.128. The molecule has 0 radical (unpaired) electrons. The minimum atomic E-state index is -0.563. The third-order valence-corrected chi connectivity index (χ3v) is 25.1. The number of piperazine rings is 1. The van der Waals surface area contributed by atoms with Gasteiger partial charge >= 0.3 is 0 Å². The number of aryl methyl sites for hydroxylation is 4. The first kappa shape index (κ1) is 95.8. The summed E-state index contributed by atoms with van der Waals surface area (Å²) in [5.41, 5.74) is 16.7. The highest BCUT2D eigenvalue weighted by molar-refractivity contribution is 9.18. The Morgan fingerprint density at radius 2 is 0.740 bits per heavy atom. The van der Waals surface area contributed by atoms with E-state index in [0.29, 0.717) is 115 Å². The van der Waals surface area contributed by atoms with E-state index >= 15 is 0 Å². The molecule has 23 aromatic rings. The van der Waals surface area contributed by atoms with Gasteiger partial charge in [0.25, 0.3) is 0 Å². The molecule has 0 aliphatic carbocycles. The highest BCUT2D eigenvalue weighted by atomic mass is 79.9. The molecule has 1 unspecified atom stereocenters. The van der Waals surface area contributed by atoms with E-state index in [2.05, 4.69) is 177 Å². The van der Waals surface area contributed by atoms with Crippen molar-refractivity contribution < 1.29 is 46.9 Å². The fourth-order valence-corrected chi connectivity index (χ4v) is 17.3. The highest BCUT2D eigenvalue weighted by Crippen LogP contribution is 2.40. The summed E-state index contributed by atoms with van der Waals surface area (Å²) in [5.74, 6) is 11.9. The Morgan fingerprint density at radius 1 is 0.393 bits per heavy atom. The Morgan fingerprint density at radius 3 is 1.09 bits per heavy atom. The third-order valence-electron chi connectivity index (χ3n) is 24.7. The molecular formula is C107H91BrN32O10. The number of nitrogens with zero attached hydrogens (tertiary/aromatic N) is 28. The summed E-state index contributed by atoms with van der Waals surface area (Å²) in [7, 11) is 6.20. The van der Waals surface area contributed by atoms with Crippen LogP contribution < -0.4 is 40.2 Å². The number of aliphatic hydroxyl groups is 1. The summed E-state index contributed by atoms with van der Waals surface area (Å²) in [6, 6.07) is 65.5. The van der Waals surface area contributed by atoms with E-state index in [1.807, 2.05) is 206 Å². The van der Waals surface area contributed by atoms with Crippen molar-refractivity contribution >= 4 is 139 Å². The van der Waals surface area contributed by atoms with Crippen LogP contribution in [-0.2, 0) is 35.7 Å². The standard InChI is InChI=1S/C30H29N9O2.C27H24N8O2.C25H19BrN8O3.C25H19N7O3/c1-20-13-22(4-7-26(20)41-29-15-28-36-34-19-39(28)18-33-29)35-30-24-14-21(3-6-25(24)31-17-32-30)27-8-5-23(40-27)16-38-11-9-37(2)10-12-38;1-17-10-19(5-8-23(17)37-26-12-25-33-31-16-35(25)15-30-26)32-27-21-11-18(4-7-22(21)28-14-29-27)24-9-6-20(36-24)13-34(2)3;1-14-6-16(3-5-20(14)36-24-10-23-32-30-13-34(23)12-29-24)31-25-17-7-15(2-4-18(17)27-11-28-25)8-19(35)21-9-22(26)33-37-21;1-15-8-17(3-6-21(15)35-24-10-23-31-29-14-32(23)13-28-24)30-25-19-9-16(2-5-20(19)26-12-27-25)22-7-4-18(11-33)34-22/h3-8,13-15,17-19H,9-12,16H2,1-2H3,(H,31,32,35);4-12,14-16H,13H2,1-3H3,(H,28,29,32);2-7,10-13,21H,8-9H2,1H3,(H,27,28,31);2-10,12-14,33H,11H2,1H3,(H,26,27,30). The molecule has 42 nitrogen and oxygen atoms in total. The molecule has 0 bridgehead atoms. The van der Waals surface area contributed by atoms with E-state index in [4.69, 9.17) is 37.0 Å². The maximum Gasteiger partial charge on any atom is 0.224 e. The number of halogens is 1. The molecule has 2 aliphatic heterocycles. The number of carbonyl (C=O) groups is 1.